The maximum atomic E-state index is 13.0. The predicted octanol–water partition coefficient (Wildman–Crippen LogP) is 6.28. The van der Waals surface area contributed by atoms with Gasteiger partial charge in [-0.25, -0.2) is 0 Å². The zero-order chi connectivity index (χ0) is 20.6. The highest BCUT2D eigenvalue weighted by atomic mass is 32.1. The van der Waals surface area contributed by atoms with Crippen LogP contribution in [0.4, 0.5) is 13.2 Å². The molecule has 0 atom stereocenters. The molecule has 0 aliphatic heterocycles. The van der Waals surface area contributed by atoms with E-state index in [1.165, 1.54) is 12.1 Å². The van der Waals surface area contributed by atoms with Crippen LogP contribution in [0.3, 0.4) is 0 Å². The number of thiophene rings is 1. The van der Waals surface area contributed by atoms with E-state index in [2.05, 4.69) is 0 Å². The summed E-state index contributed by atoms with van der Waals surface area (Å²) in [6.07, 6.45) is -3.93. The van der Waals surface area contributed by atoms with E-state index in [1.54, 1.807) is 35.6 Å². The Bertz CT molecular complexity index is 1210. The molecule has 1 amide bonds. The summed E-state index contributed by atoms with van der Waals surface area (Å²) in [6, 6.07) is 20.4. The van der Waals surface area contributed by atoms with Crippen LogP contribution in [0.25, 0.3) is 21.2 Å². The smallest absolute Gasteiger partial charge is 0.366 e. The van der Waals surface area contributed by atoms with Gasteiger partial charge >= 0.3 is 6.18 Å². The fourth-order valence-electron chi connectivity index (χ4n) is 3.33. The van der Waals surface area contributed by atoms with Gasteiger partial charge in [-0.3, -0.25) is 4.79 Å². The molecule has 0 saturated heterocycles. The van der Waals surface area contributed by atoms with Crippen LogP contribution < -0.4 is 5.73 Å². The molecule has 4 rings (SSSR count). The number of halogens is 3. The monoisotopic (exact) mass is 411 g/mol. The minimum atomic E-state index is -4.35. The van der Waals surface area contributed by atoms with Crippen LogP contribution in [0, 0.1) is 0 Å². The van der Waals surface area contributed by atoms with Gasteiger partial charge in [-0.2, -0.15) is 13.2 Å². The van der Waals surface area contributed by atoms with Crippen LogP contribution in [0.1, 0.15) is 26.4 Å². The summed E-state index contributed by atoms with van der Waals surface area (Å²) < 4.78 is 39.9. The van der Waals surface area contributed by atoms with Gasteiger partial charge in [0.1, 0.15) is 0 Å². The maximum Gasteiger partial charge on any atom is 0.416 e. The Morgan fingerprint density at radius 2 is 1.69 bits per heavy atom. The van der Waals surface area contributed by atoms with Crippen molar-refractivity contribution in [1.82, 2.24) is 0 Å². The van der Waals surface area contributed by atoms with Gasteiger partial charge in [0.05, 0.1) is 5.56 Å². The van der Waals surface area contributed by atoms with Crippen LogP contribution in [0.2, 0.25) is 0 Å². The molecule has 0 radical (unpaired) electrons. The summed E-state index contributed by atoms with van der Waals surface area (Å²) in [4.78, 5) is 12.5. The van der Waals surface area contributed by atoms with Crippen LogP contribution >= 0.6 is 11.3 Å². The Hall–Kier alpha value is -3.12. The highest BCUT2D eigenvalue weighted by molar-refractivity contribution is 7.19. The number of benzene rings is 3. The molecular weight excluding hydrogens is 395 g/mol. The van der Waals surface area contributed by atoms with E-state index in [-0.39, 0.29) is 0 Å². The maximum absolute atomic E-state index is 13.0. The van der Waals surface area contributed by atoms with Gasteiger partial charge in [-0.15, -0.1) is 11.3 Å². The molecule has 2 nitrogen and oxygen atoms in total. The average molecular weight is 411 g/mol. The summed E-state index contributed by atoms with van der Waals surface area (Å²) in [5.74, 6) is -0.490. The van der Waals surface area contributed by atoms with Crippen molar-refractivity contribution in [2.75, 3.05) is 0 Å². The first kappa shape index (κ1) is 19.2. The first-order chi connectivity index (χ1) is 13.8. The second kappa shape index (κ2) is 7.37. The Kier molecular flexibility index (Phi) is 4.88. The third-order valence-corrected chi connectivity index (χ3v) is 5.87. The third kappa shape index (κ3) is 4.03. The molecule has 146 valence electrons. The van der Waals surface area contributed by atoms with Gasteiger partial charge in [-0.05, 0) is 46.3 Å². The van der Waals surface area contributed by atoms with Crippen molar-refractivity contribution in [2.45, 2.75) is 12.6 Å². The first-order valence-electron chi connectivity index (χ1n) is 8.89. The number of carbonyl (C=O) groups is 1. The number of alkyl halides is 3. The molecule has 0 aliphatic carbocycles. The van der Waals surface area contributed by atoms with Crippen molar-refractivity contribution < 1.29 is 18.0 Å². The number of hydrogen-bond acceptors (Lipinski definition) is 2. The molecule has 3 aromatic carbocycles. The zero-order valence-electron chi connectivity index (χ0n) is 15.2. The topological polar surface area (TPSA) is 43.1 Å². The van der Waals surface area contributed by atoms with E-state index in [4.69, 9.17) is 5.73 Å². The number of fused-ring (bicyclic) bond motifs is 1. The zero-order valence-corrected chi connectivity index (χ0v) is 16.0. The SMILES string of the molecule is NC(=O)c1cccc(-c2cccc3cc(Cc4cccc(C(F)(F)F)c4)sc23)c1. The summed E-state index contributed by atoms with van der Waals surface area (Å²) in [7, 11) is 0. The van der Waals surface area contributed by atoms with Crippen molar-refractivity contribution in [3.05, 3.63) is 94.4 Å². The molecule has 0 bridgehead atoms. The molecule has 0 aliphatic rings. The Morgan fingerprint density at radius 1 is 0.931 bits per heavy atom. The van der Waals surface area contributed by atoms with Crippen molar-refractivity contribution in [3.63, 3.8) is 0 Å². The molecular formula is C23H16F3NOS. The molecule has 1 heterocycles. The van der Waals surface area contributed by atoms with Crippen LogP contribution in [-0.2, 0) is 12.6 Å². The van der Waals surface area contributed by atoms with Crippen molar-refractivity contribution >= 4 is 27.3 Å². The highest BCUT2D eigenvalue weighted by Crippen LogP contribution is 2.36. The minimum Gasteiger partial charge on any atom is -0.366 e. The van der Waals surface area contributed by atoms with E-state index in [1.807, 2.05) is 30.3 Å². The largest absolute Gasteiger partial charge is 0.416 e. The Balaban J connectivity index is 1.72. The van der Waals surface area contributed by atoms with Crippen molar-refractivity contribution in [1.29, 1.82) is 0 Å². The van der Waals surface area contributed by atoms with E-state index in [0.717, 1.165) is 32.2 Å². The highest BCUT2D eigenvalue weighted by Gasteiger charge is 2.30. The fourth-order valence-corrected chi connectivity index (χ4v) is 4.56. The van der Waals surface area contributed by atoms with E-state index >= 15 is 0 Å². The van der Waals surface area contributed by atoms with Crippen LogP contribution in [-0.4, -0.2) is 5.91 Å². The van der Waals surface area contributed by atoms with Crippen LogP contribution in [0.5, 0.6) is 0 Å². The Morgan fingerprint density at radius 3 is 2.45 bits per heavy atom. The number of hydrogen-bond donors (Lipinski definition) is 1. The quantitative estimate of drug-likeness (QED) is 0.422. The number of rotatable bonds is 4. The number of primary amides is 1. The molecule has 2 N–H and O–H groups in total. The third-order valence-electron chi connectivity index (χ3n) is 4.69. The molecule has 0 unspecified atom stereocenters. The van der Waals surface area contributed by atoms with Gasteiger partial charge < -0.3 is 5.73 Å². The standard InChI is InChI=1S/C23H16F3NOS/c24-23(25,26)18-8-1-4-14(10-18)11-19-13-16-6-3-9-20(21(16)29-19)15-5-2-7-17(12-15)22(27)28/h1-10,12-13H,11H2,(H2,27,28). The molecule has 1 aromatic heterocycles. The molecule has 6 heteroatoms. The summed E-state index contributed by atoms with van der Waals surface area (Å²) >= 11 is 1.54. The molecule has 0 fully saturated rings. The molecule has 29 heavy (non-hydrogen) atoms. The number of nitrogens with two attached hydrogens (primary N) is 1. The predicted molar refractivity (Wildman–Crippen MR) is 110 cm³/mol. The second-order valence-corrected chi connectivity index (χ2v) is 7.89. The summed E-state index contributed by atoms with van der Waals surface area (Å²) in [6.45, 7) is 0. The van der Waals surface area contributed by atoms with Gasteiger partial charge in [-0.1, -0.05) is 48.5 Å². The molecule has 0 saturated carbocycles. The van der Waals surface area contributed by atoms with Gasteiger partial charge in [0.25, 0.3) is 0 Å². The number of carbonyl (C=O) groups excluding carboxylic acids is 1. The van der Waals surface area contributed by atoms with Gasteiger partial charge in [0.2, 0.25) is 5.91 Å². The lowest BCUT2D eigenvalue weighted by Crippen LogP contribution is -2.10. The Labute approximate surface area is 169 Å². The van der Waals surface area contributed by atoms with Gasteiger partial charge in [0, 0.05) is 21.6 Å². The van der Waals surface area contributed by atoms with E-state index < -0.39 is 17.6 Å². The number of amides is 1. The van der Waals surface area contributed by atoms with Crippen LogP contribution in [0.15, 0.2) is 72.8 Å². The minimum absolute atomic E-state index is 0.421. The molecule has 0 spiro atoms. The van der Waals surface area contributed by atoms with E-state index in [0.29, 0.717) is 17.5 Å². The normalized spacial score (nSPS) is 11.7. The summed E-state index contributed by atoms with van der Waals surface area (Å²) in [5.41, 5.74) is 7.63. The van der Waals surface area contributed by atoms with E-state index in [9.17, 15) is 18.0 Å². The lowest BCUT2D eigenvalue weighted by atomic mass is 10.0. The van der Waals surface area contributed by atoms with Crippen molar-refractivity contribution in [3.8, 4) is 11.1 Å². The first-order valence-corrected chi connectivity index (χ1v) is 9.71. The van der Waals surface area contributed by atoms with Crippen molar-refractivity contribution in [2.24, 2.45) is 5.73 Å². The second-order valence-electron chi connectivity index (χ2n) is 6.76. The average Bonchev–Trinajstić information content (AvgIpc) is 3.10. The lowest BCUT2D eigenvalue weighted by molar-refractivity contribution is -0.137. The fraction of sp³-hybridized carbons (Fsp3) is 0.0870. The molecule has 4 aromatic rings. The summed E-state index contributed by atoms with van der Waals surface area (Å²) in [5, 5.41) is 1.01. The van der Waals surface area contributed by atoms with Gasteiger partial charge in [0.15, 0.2) is 0 Å². The lowest BCUT2D eigenvalue weighted by Gasteiger charge is -2.08.